The molecule has 0 spiro atoms. The van der Waals surface area contributed by atoms with Crippen molar-refractivity contribution in [2.45, 2.75) is 24.9 Å². The van der Waals surface area contributed by atoms with Crippen molar-refractivity contribution in [3.05, 3.63) is 71.8 Å². The van der Waals surface area contributed by atoms with Gasteiger partial charge in [0.15, 0.2) is 0 Å². The third-order valence-electron chi connectivity index (χ3n) is 4.91. The lowest BCUT2D eigenvalue weighted by atomic mass is 9.79. The standard InChI is InChI=1S/C21H20F3NO2/c1-3-6-16-17(15-7-4-5-8-19(15)27-2)12-13-11-14(21(22,23)24)9-10-18(13)25-20(16)26/h3-5,7-11,16-17H,1,6,12H2,2H3,(H,25,26)/t16-,17+/m0/s1. The fourth-order valence-electron chi connectivity index (χ4n) is 3.60. The second-order valence-electron chi connectivity index (χ2n) is 6.54. The summed E-state index contributed by atoms with van der Waals surface area (Å²) in [5.74, 6) is -0.409. The Balaban J connectivity index is 2.12. The molecule has 1 aliphatic rings. The third kappa shape index (κ3) is 3.84. The highest BCUT2D eigenvalue weighted by molar-refractivity contribution is 5.95. The molecule has 3 rings (SSSR count). The van der Waals surface area contributed by atoms with Gasteiger partial charge in [0, 0.05) is 17.5 Å². The van der Waals surface area contributed by atoms with Crippen LogP contribution in [0.15, 0.2) is 55.1 Å². The van der Waals surface area contributed by atoms with E-state index < -0.39 is 17.7 Å². The highest BCUT2D eigenvalue weighted by Crippen LogP contribution is 2.42. The second kappa shape index (κ2) is 7.47. The Morgan fingerprint density at radius 3 is 2.67 bits per heavy atom. The largest absolute Gasteiger partial charge is 0.496 e. The van der Waals surface area contributed by atoms with E-state index in [0.29, 0.717) is 23.4 Å². The molecule has 142 valence electrons. The van der Waals surface area contributed by atoms with Gasteiger partial charge in [0.05, 0.1) is 12.7 Å². The summed E-state index contributed by atoms with van der Waals surface area (Å²) in [5, 5.41) is 2.78. The molecule has 0 aliphatic carbocycles. The summed E-state index contributed by atoms with van der Waals surface area (Å²) < 4.78 is 44.9. The van der Waals surface area contributed by atoms with Gasteiger partial charge in [0.25, 0.3) is 0 Å². The maximum atomic E-state index is 13.2. The minimum Gasteiger partial charge on any atom is -0.496 e. The van der Waals surface area contributed by atoms with Crippen molar-refractivity contribution < 1.29 is 22.7 Å². The number of carbonyl (C=O) groups excluding carboxylic acids is 1. The van der Waals surface area contributed by atoms with Crippen LogP contribution in [0, 0.1) is 5.92 Å². The van der Waals surface area contributed by atoms with Crippen molar-refractivity contribution in [1.82, 2.24) is 0 Å². The van der Waals surface area contributed by atoms with E-state index in [9.17, 15) is 18.0 Å². The zero-order valence-corrected chi connectivity index (χ0v) is 14.8. The smallest absolute Gasteiger partial charge is 0.416 e. The Hall–Kier alpha value is -2.76. The van der Waals surface area contributed by atoms with E-state index in [2.05, 4.69) is 11.9 Å². The minimum absolute atomic E-state index is 0.232. The summed E-state index contributed by atoms with van der Waals surface area (Å²) >= 11 is 0. The SMILES string of the molecule is C=CC[C@@H]1C(=O)Nc2ccc(C(F)(F)F)cc2C[C@@H]1c1ccccc1OC. The Morgan fingerprint density at radius 1 is 1.26 bits per heavy atom. The molecule has 2 aromatic rings. The van der Waals surface area contributed by atoms with Gasteiger partial charge in [-0.1, -0.05) is 24.3 Å². The molecule has 27 heavy (non-hydrogen) atoms. The van der Waals surface area contributed by atoms with E-state index in [0.717, 1.165) is 17.7 Å². The van der Waals surface area contributed by atoms with Crippen LogP contribution in [0.3, 0.4) is 0 Å². The molecule has 1 heterocycles. The predicted octanol–water partition coefficient (Wildman–Crippen LogP) is 5.18. The van der Waals surface area contributed by atoms with Crippen LogP contribution in [0.1, 0.15) is 29.0 Å². The number of allylic oxidation sites excluding steroid dienone is 1. The molecule has 0 saturated carbocycles. The molecule has 3 nitrogen and oxygen atoms in total. The molecule has 0 bridgehead atoms. The van der Waals surface area contributed by atoms with Crippen LogP contribution in [0.4, 0.5) is 18.9 Å². The molecule has 0 radical (unpaired) electrons. The Labute approximate surface area is 155 Å². The number of halogens is 3. The third-order valence-corrected chi connectivity index (χ3v) is 4.91. The van der Waals surface area contributed by atoms with E-state index in [4.69, 9.17) is 4.74 Å². The maximum absolute atomic E-state index is 13.2. The van der Waals surface area contributed by atoms with Gasteiger partial charge in [-0.25, -0.2) is 0 Å². The van der Waals surface area contributed by atoms with Gasteiger partial charge < -0.3 is 10.1 Å². The normalized spacial score (nSPS) is 19.6. The number of ether oxygens (including phenoxy) is 1. The van der Waals surface area contributed by atoms with Crippen LogP contribution in [0.2, 0.25) is 0 Å². The quantitative estimate of drug-likeness (QED) is 0.748. The van der Waals surface area contributed by atoms with Crippen LogP contribution >= 0.6 is 0 Å². The summed E-state index contributed by atoms with van der Waals surface area (Å²) in [7, 11) is 1.54. The number of hydrogen-bond acceptors (Lipinski definition) is 2. The van der Waals surface area contributed by atoms with E-state index in [-0.39, 0.29) is 18.2 Å². The van der Waals surface area contributed by atoms with Crippen molar-refractivity contribution in [3.63, 3.8) is 0 Å². The number of methoxy groups -OCH3 is 1. The lowest BCUT2D eigenvalue weighted by Gasteiger charge is -2.25. The van der Waals surface area contributed by atoms with Gasteiger partial charge in [-0.15, -0.1) is 6.58 Å². The van der Waals surface area contributed by atoms with Gasteiger partial charge in [0.1, 0.15) is 5.75 Å². The van der Waals surface area contributed by atoms with Crippen LogP contribution in [0.5, 0.6) is 5.75 Å². The Kier molecular flexibility index (Phi) is 5.26. The molecule has 0 unspecified atom stereocenters. The van der Waals surface area contributed by atoms with Gasteiger partial charge in [0.2, 0.25) is 5.91 Å². The molecule has 1 N–H and O–H groups in total. The number of fused-ring (bicyclic) bond motifs is 1. The number of amides is 1. The first-order valence-corrected chi connectivity index (χ1v) is 8.60. The van der Waals surface area contributed by atoms with Crippen molar-refractivity contribution in [1.29, 1.82) is 0 Å². The summed E-state index contributed by atoms with van der Waals surface area (Å²) in [4.78, 5) is 12.8. The molecule has 0 fully saturated rings. The first-order valence-electron chi connectivity index (χ1n) is 8.60. The van der Waals surface area contributed by atoms with E-state index in [1.807, 2.05) is 18.2 Å². The highest BCUT2D eigenvalue weighted by Gasteiger charge is 2.36. The van der Waals surface area contributed by atoms with Crippen LogP contribution in [-0.2, 0) is 17.4 Å². The monoisotopic (exact) mass is 375 g/mol. The van der Waals surface area contributed by atoms with Crippen molar-refractivity contribution in [3.8, 4) is 5.75 Å². The highest BCUT2D eigenvalue weighted by atomic mass is 19.4. The number of benzene rings is 2. The fourth-order valence-corrected chi connectivity index (χ4v) is 3.60. The molecule has 6 heteroatoms. The second-order valence-corrected chi connectivity index (χ2v) is 6.54. The number of anilines is 1. The summed E-state index contributed by atoms with van der Waals surface area (Å²) in [6.45, 7) is 3.73. The number of rotatable bonds is 4. The molecule has 1 aliphatic heterocycles. The van der Waals surface area contributed by atoms with Crippen LogP contribution in [-0.4, -0.2) is 13.0 Å². The van der Waals surface area contributed by atoms with Crippen molar-refractivity contribution >= 4 is 11.6 Å². The van der Waals surface area contributed by atoms with Gasteiger partial charge in [-0.05, 0) is 48.2 Å². The Morgan fingerprint density at radius 2 is 2.00 bits per heavy atom. The summed E-state index contributed by atoms with van der Waals surface area (Å²) in [6, 6.07) is 10.7. The number of para-hydroxylation sites is 1. The molecule has 0 saturated heterocycles. The zero-order valence-electron chi connectivity index (χ0n) is 14.8. The van der Waals surface area contributed by atoms with Crippen molar-refractivity contribution in [2.75, 3.05) is 12.4 Å². The van der Waals surface area contributed by atoms with Crippen LogP contribution in [0.25, 0.3) is 0 Å². The first kappa shape index (κ1) is 19.0. The van der Waals surface area contributed by atoms with Crippen LogP contribution < -0.4 is 10.1 Å². The fraction of sp³-hybridized carbons (Fsp3) is 0.286. The summed E-state index contributed by atoms with van der Waals surface area (Å²) in [6.07, 6.45) is -2.08. The lowest BCUT2D eigenvalue weighted by Crippen LogP contribution is -2.26. The average molecular weight is 375 g/mol. The maximum Gasteiger partial charge on any atom is 0.416 e. The minimum atomic E-state index is -4.44. The van der Waals surface area contributed by atoms with E-state index in [1.54, 1.807) is 12.1 Å². The average Bonchev–Trinajstić information content (AvgIpc) is 2.77. The van der Waals surface area contributed by atoms with Gasteiger partial charge >= 0.3 is 6.18 Å². The number of hydrogen-bond donors (Lipinski definition) is 1. The molecule has 2 aromatic carbocycles. The number of carbonyl (C=O) groups is 1. The topological polar surface area (TPSA) is 38.3 Å². The number of nitrogens with one attached hydrogen (secondary N) is 1. The molecular weight excluding hydrogens is 355 g/mol. The van der Waals surface area contributed by atoms with E-state index in [1.165, 1.54) is 13.2 Å². The molecular formula is C21H20F3NO2. The lowest BCUT2D eigenvalue weighted by molar-refractivity contribution is -0.137. The van der Waals surface area contributed by atoms with Gasteiger partial charge in [-0.2, -0.15) is 13.2 Å². The van der Waals surface area contributed by atoms with Crippen molar-refractivity contribution in [2.24, 2.45) is 5.92 Å². The Bertz CT molecular complexity index is 861. The first-order chi connectivity index (χ1) is 12.8. The summed E-state index contributed by atoms with van der Waals surface area (Å²) in [5.41, 5.74) is 0.948. The zero-order chi connectivity index (χ0) is 19.6. The predicted molar refractivity (Wildman–Crippen MR) is 97.8 cm³/mol. The molecule has 1 amide bonds. The van der Waals surface area contributed by atoms with Gasteiger partial charge in [-0.3, -0.25) is 4.79 Å². The van der Waals surface area contributed by atoms with E-state index >= 15 is 0 Å². The molecule has 0 aromatic heterocycles. The molecule has 2 atom stereocenters. The number of alkyl halides is 3.